The number of rotatable bonds is 13. The smallest absolute Gasteiger partial charge is 0.240 e. The molecular weight excluding hydrogens is 489 g/mol. The van der Waals surface area contributed by atoms with E-state index in [1.807, 2.05) is 19.9 Å². The van der Waals surface area contributed by atoms with Gasteiger partial charge in [-0.05, 0) is 63.2 Å². The lowest BCUT2D eigenvalue weighted by atomic mass is 10.1. The number of likely N-dealkylation sites (N-methyl/N-ethyl adjacent to an activating group) is 1. The van der Waals surface area contributed by atoms with Crippen molar-refractivity contribution in [2.24, 2.45) is 0 Å². The number of imide groups is 1. The molecule has 1 aromatic carbocycles. The van der Waals surface area contributed by atoms with Crippen molar-refractivity contribution >= 4 is 18.1 Å². The standard InChI is InChI=1S/C29H40FN3O5/c1-6-28(35)31-29(36)18-32(5)13-12-26(9-7-8-21(2)19-34)37-20-25-14-24(10-11-27(25)30)17-33-15-22(3)38-23(4)16-33/h7-12,14,19,22-23H,6,13,15-18,20H2,1-5H3,(H,31,35,36)/b9-7-,21-8+,26-12-. The second-order valence-electron chi connectivity index (χ2n) is 9.68. The topological polar surface area (TPSA) is 88.2 Å². The highest BCUT2D eigenvalue weighted by atomic mass is 19.1. The molecular formula is C29H40FN3O5. The maximum absolute atomic E-state index is 14.6. The van der Waals surface area contributed by atoms with Crippen LogP contribution in [0.5, 0.6) is 0 Å². The van der Waals surface area contributed by atoms with Gasteiger partial charge in [0.2, 0.25) is 11.8 Å². The van der Waals surface area contributed by atoms with Crippen LogP contribution in [0.25, 0.3) is 0 Å². The number of benzene rings is 1. The molecule has 38 heavy (non-hydrogen) atoms. The van der Waals surface area contributed by atoms with Gasteiger partial charge in [-0.25, -0.2) is 4.39 Å². The van der Waals surface area contributed by atoms with E-state index in [1.54, 1.807) is 56.2 Å². The molecule has 208 valence electrons. The van der Waals surface area contributed by atoms with E-state index >= 15 is 0 Å². The number of allylic oxidation sites excluding steroid dienone is 4. The molecule has 0 radical (unpaired) electrons. The van der Waals surface area contributed by atoms with Crippen LogP contribution in [0.4, 0.5) is 4.39 Å². The summed E-state index contributed by atoms with van der Waals surface area (Å²) < 4.78 is 26.4. The van der Waals surface area contributed by atoms with Crippen LogP contribution in [0.2, 0.25) is 0 Å². The molecule has 2 amide bonds. The third-order valence-corrected chi connectivity index (χ3v) is 5.83. The minimum atomic E-state index is -0.391. The Morgan fingerprint density at radius 2 is 1.95 bits per heavy atom. The van der Waals surface area contributed by atoms with Gasteiger partial charge in [0, 0.05) is 38.2 Å². The van der Waals surface area contributed by atoms with Crippen LogP contribution < -0.4 is 5.32 Å². The number of halogens is 1. The molecule has 1 saturated heterocycles. The molecule has 1 heterocycles. The molecule has 0 bridgehead atoms. The fourth-order valence-corrected chi connectivity index (χ4v) is 4.02. The summed E-state index contributed by atoms with van der Waals surface area (Å²) in [6.45, 7) is 10.2. The van der Waals surface area contributed by atoms with Gasteiger partial charge in [-0.3, -0.25) is 29.5 Å². The van der Waals surface area contributed by atoms with Crippen LogP contribution in [0.15, 0.2) is 53.8 Å². The Morgan fingerprint density at radius 3 is 2.61 bits per heavy atom. The van der Waals surface area contributed by atoms with E-state index in [4.69, 9.17) is 9.47 Å². The molecule has 1 fully saturated rings. The summed E-state index contributed by atoms with van der Waals surface area (Å²) in [6, 6.07) is 5.07. The SMILES string of the molecule is CCC(=O)NC(=O)CN(C)C/C=C(/C=C\C=C(/C)C=O)OCc1cc(CN2CC(C)OC(C)C2)ccc1F. The van der Waals surface area contributed by atoms with Crippen molar-refractivity contribution < 1.29 is 28.2 Å². The van der Waals surface area contributed by atoms with Crippen LogP contribution in [0.1, 0.15) is 45.2 Å². The Balaban J connectivity index is 2.08. The summed E-state index contributed by atoms with van der Waals surface area (Å²) in [6.07, 6.45) is 8.03. The van der Waals surface area contributed by atoms with Gasteiger partial charge in [0.05, 0.1) is 18.8 Å². The van der Waals surface area contributed by atoms with Gasteiger partial charge in [-0.15, -0.1) is 0 Å². The second kappa shape index (κ2) is 16.0. The number of carbonyl (C=O) groups excluding carboxylic acids is 3. The minimum absolute atomic E-state index is 0.0113. The number of hydrogen-bond acceptors (Lipinski definition) is 7. The number of morpholine rings is 1. The molecule has 0 aromatic heterocycles. The first-order valence-electron chi connectivity index (χ1n) is 12.9. The zero-order valence-corrected chi connectivity index (χ0v) is 23.0. The quantitative estimate of drug-likeness (QED) is 0.181. The molecule has 1 aliphatic rings. The molecule has 0 aliphatic carbocycles. The summed E-state index contributed by atoms with van der Waals surface area (Å²) in [5.74, 6) is -0.618. The maximum Gasteiger partial charge on any atom is 0.240 e. The first-order valence-corrected chi connectivity index (χ1v) is 12.9. The van der Waals surface area contributed by atoms with E-state index in [0.717, 1.165) is 24.9 Å². The van der Waals surface area contributed by atoms with Crippen LogP contribution in [0.3, 0.4) is 0 Å². The predicted octanol–water partition coefficient (Wildman–Crippen LogP) is 3.52. The van der Waals surface area contributed by atoms with Crippen molar-refractivity contribution in [3.8, 4) is 0 Å². The lowest BCUT2D eigenvalue weighted by Gasteiger charge is -2.35. The molecule has 1 aromatic rings. The first kappa shape index (κ1) is 31.1. The van der Waals surface area contributed by atoms with Crippen molar-refractivity contribution in [3.05, 3.63) is 70.8 Å². The summed E-state index contributed by atoms with van der Waals surface area (Å²) >= 11 is 0. The van der Waals surface area contributed by atoms with Crippen LogP contribution >= 0.6 is 0 Å². The van der Waals surface area contributed by atoms with Crippen molar-refractivity contribution in [3.63, 3.8) is 0 Å². The average Bonchev–Trinajstić information content (AvgIpc) is 2.85. The Kier molecular flexibility index (Phi) is 13.1. The van der Waals surface area contributed by atoms with Gasteiger partial charge < -0.3 is 9.47 Å². The summed E-state index contributed by atoms with van der Waals surface area (Å²) in [5.41, 5.74) is 1.96. The number of nitrogens with zero attached hydrogens (tertiary/aromatic N) is 2. The van der Waals surface area contributed by atoms with E-state index in [1.165, 1.54) is 6.07 Å². The van der Waals surface area contributed by atoms with Gasteiger partial charge in [-0.1, -0.05) is 25.1 Å². The molecule has 9 heteroatoms. The third kappa shape index (κ3) is 11.5. The van der Waals surface area contributed by atoms with Crippen LogP contribution in [-0.4, -0.2) is 73.3 Å². The van der Waals surface area contributed by atoms with E-state index in [2.05, 4.69) is 10.2 Å². The maximum atomic E-state index is 14.6. The largest absolute Gasteiger partial charge is 0.489 e. The fraction of sp³-hybridized carbons (Fsp3) is 0.483. The lowest BCUT2D eigenvalue weighted by molar-refractivity contribution is -0.130. The molecule has 1 aliphatic heterocycles. The zero-order chi connectivity index (χ0) is 28.1. The molecule has 8 nitrogen and oxygen atoms in total. The lowest BCUT2D eigenvalue weighted by Crippen LogP contribution is -2.44. The van der Waals surface area contributed by atoms with Crippen LogP contribution in [0, 0.1) is 5.82 Å². The van der Waals surface area contributed by atoms with Crippen molar-refractivity contribution in [1.82, 2.24) is 15.1 Å². The van der Waals surface area contributed by atoms with E-state index in [0.29, 0.717) is 30.0 Å². The number of carbonyl (C=O) groups is 3. The highest BCUT2D eigenvalue weighted by Crippen LogP contribution is 2.18. The van der Waals surface area contributed by atoms with Gasteiger partial charge in [-0.2, -0.15) is 0 Å². The first-order chi connectivity index (χ1) is 18.1. The van der Waals surface area contributed by atoms with Gasteiger partial charge in [0.1, 0.15) is 24.5 Å². The highest BCUT2D eigenvalue weighted by Gasteiger charge is 2.22. The number of ether oxygens (including phenoxy) is 2. The number of aldehydes is 1. The molecule has 2 atom stereocenters. The highest BCUT2D eigenvalue weighted by molar-refractivity contribution is 5.95. The van der Waals surface area contributed by atoms with E-state index in [-0.39, 0.29) is 43.5 Å². The predicted molar refractivity (Wildman–Crippen MR) is 144 cm³/mol. The average molecular weight is 530 g/mol. The van der Waals surface area contributed by atoms with Gasteiger partial charge in [0.25, 0.3) is 0 Å². The van der Waals surface area contributed by atoms with Gasteiger partial charge in [0.15, 0.2) is 0 Å². The Morgan fingerprint density at radius 1 is 1.24 bits per heavy atom. The van der Waals surface area contributed by atoms with Crippen LogP contribution in [-0.2, 0) is 37.0 Å². The summed E-state index contributed by atoms with van der Waals surface area (Å²) in [5, 5.41) is 2.32. The summed E-state index contributed by atoms with van der Waals surface area (Å²) in [4.78, 5) is 38.3. The molecule has 0 saturated carbocycles. The minimum Gasteiger partial charge on any atom is -0.489 e. The van der Waals surface area contributed by atoms with Crippen molar-refractivity contribution in [2.45, 2.75) is 59.5 Å². The molecule has 2 unspecified atom stereocenters. The molecule has 2 rings (SSSR count). The second-order valence-corrected chi connectivity index (χ2v) is 9.68. The van der Waals surface area contributed by atoms with Gasteiger partial charge >= 0.3 is 0 Å². The number of amides is 2. The monoisotopic (exact) mass is 529 g/mol. The van der Waals surface area contributed by atoms with Crippen molar-refractivity contribution in [2.75, 3.05) is 33.2 Å². The fourth-order valence-electron chi connectivity index (χ4n) is 4.02. The zero-order valence-electron chi connectivity index (χ0n) is 23.0. The van der Waals surface area contributed by atoms with E-state index < -0.39 is 5.91 Å². The Labute approximate surface area is 225 Å². The molecule has 1 N–H and O–H groups in total. The third-order valence-electron chi connectivity index (χ3n) is 5.83. The van der Waals surface area contributed by atoms with E-state index in [9.17, 15) is 18.8 Å². The van der Waals surface area contributed by atoms with Crippen molar-refractivity contribution in [1.29, 1.82) is 0 Å². The normalized spacial score (nSPS) is 19.1. The summed E-state index contributed by atoms with van der Waals surface area (Å²) in [7, 11) is 1.74. The Hall–Kier alpha value is -3.14. The number of hydrogen-bond donors (Lipinski definition) is 1. The number of nitrogens with one attached hydrogen (secondary N) is 1. The Bertz CT molecular complexity index is 1040. The molecule has 0 spiro atoms.